The summed E-state index contributed by atoms with van der Waals surface area (Å²) in [5.74, 6) is -1.55. The van der Waals surface area contributed by atoms with E-state index in [1.165, 1.54) is 4.90 Å². The normalized spacial score (nSPS) is 11.4. The third-order valence-electron chi connectivity index (χ3n) is 3.64. The Kier molecular flexibility index (Phi) is 9.78. The van der Waals surface area contributed by atoms with Gasteiger partial charge in [-0.3, -0.25) is 19.8 Å². The van der Waals surface area contributed by atoms with E-state index >= 15 is 0 Å². The third kappa shape index (κ3) is 7.53. The molecule has 0 saturated heterocycles. The molecule has 7 nitrogen and oxygen atoms in total. The van der Waals surface area contributed by atoms with Crippen LogP contribution >= 0.6 is 12.4 Å². The fourth-order valence-corrected chi connectivity index (χ4v) is 2.36. The van der Waals surface area contributed by atoms with Crippen LogP contribution in [0.1, 0.15) is 31.4 Å². The predicted octanol–water partition coefficient (Wildman–Crippen LogP) is 2.56. The largest absolute Gasteiger partial charge is 0.480 e. The molecule has 1 aromatic carbocycles. The van der Waals surface area contributed by atoms with Crippen molar-refractivity contribution in [2.75, 3.05) is 18.4 Å². The van der Waals surface area contributed by atoms with Crippen LogP contribution < -0.4 is 10.6 Å². The number of carbonyl (C=O) groups is 3. The molecular formula is C17H26ClN3O4. The fraction of sp³-hybridized carbons (Fsp3) is 0.471. The Morgan fingerprint density at radius 2 is 1.88 bits per heavy atom. The zero-order valence-corrected chi connectivity index (χ0v) is 15.8. The van der Waals surface area contributed by atoms with E-state index in [2.05, 4.69) is 10.6 Å². The number of urea groups is 1. The highest BCUT2D eigenvalue weighted by Gasteiger charge is 2.24. The van der Waals surface area contributed by atoms with Gasteiger partial charge in [0.25, 0.3) is 0 Å². The molecule has 0 bridgehead atoms. The summed E-state index contributed by atoms with van der Waals surface area (Å²) in [6.07, 6.45) is 0.708. The molecule has 0 aliphatic heterocycles. The first-order valence-electron chi connectivity index (χ1n) is 7.89. The number of carbonyl (C=O) groups excluding carboxylic acids is 2. The van der Waals surface area contributed by atoms with E-state index in [9.17, 15) is 14.4 Å². The van der Waals surface area contributed by atoms with Crippen LogP contribution in [0.15, 0.2) is 18.2 Å². The van der Waals surface area contributed by atoms with Crippen molar-refractivity contribution in [3.8, 4) is 0 Å². The van der Waals surface area contributed by atoms with E-state index < -0.39 is 23.9 Å². The summed E-state index contributed by atoms with van der Waals surface area (Å²) in [7, 11) is 0. The summed E-state index contributed by atoms with van der Waals surface area (Å²) in [5.41, 5.74) is 2.59. The molecule has 8 heteroatoms. The number of anilines is 1. The molecule has 3 N–H and O–H groups in total. The molecule has 0 spiro atoms. The van der Waals surface area contributed by atoms with Gasteiger partial charge in [0.2, 0.25) is 5.91 Å². The van der Waals surface area contributed by atoms with E-state index in [0.717, 1.165) is 11.1 Å². The molecule has 1 unspecified atom stereocenters. The molecule has 0 aliphatic carbocycles. The van der Waals surface area contributed by atoms with Crippen molar-refractivity contribution in [3.63, 3.8) is 0 Å². The van der Waals surface area contributed by atoms with Gasteiger partial charge in [-0.25, -0.2) is 4.79 Å². The molecule has 0 aliphatic rings. The van der Waals surface area contributed by atoms with Crippen LogP contribution in [0.4, 0.5) is 10.5 Å². The van der Waals surface area contributed by atoms with Crippen LogP contribution in [0.3, 0.4) is 0 Å². The van der Waals surface area contributed by atoms with Crippen LogP contribution in [0.5, 0.6) is 0 Å². The standard InChI is InChI=1S/C17H25N3O4.ClH/c1-5-8-20(10-15(21)22)13(4)16(23)19-17(24)18-14-7-6-11(2)9-12(14)3;/h6-7,9,13H,5,8,10H2,1-4H3,(H,21,22)(H2,18,19,23,24);1H. The number of hydrogen-bond acceptors (Lipinski definition) is 4. The molecule has 3 amide bonds. The number of amides is 3. The number of imide groups is 1. The van der Waals surface area contributed by atoms with Gasteiger partial charge in [0, 0.05) is 5.69 Å². The molecule has 0 heterocycles. The molecule has 0 aromatic heterocycles. The number of benzene rings is 1. The number of halogens is 1. The Hall–Kier alpha value is -2.12. The quantitative estimate of drug-likeness (QED) is 0.684. The lowest BCUT2D eigenvalue weighted by Crippen LogP contribution is -2.49. The van der Waals surface area contributed by atoms with Crippen LogP contribution in [-0.2, 0) is 9.59 Å². The Labute approximate surface area is 154 Å². The molecule has 0 radical (unpaired) electrons. The number of rotatable bonds is 7. The van der Waals surface area contributed by atoms with Gasteiger partial charge in [-0.1, -0.05) is 24.6 Å². The number of carboxylic acids is 1. The summed E-state index contributed by atoms with van der Waals surface area (Å²) < 4.78 is 0. The van der Waals surface area contributed by atoms with Crippen LogP contribution in [0, 0.1) is 13.8 Å². The first kappa shape index (κ1) is 22.9. The zero-order chi connectivity index (χ0) is 18.3. The molecule has 0 saturated carbocycles. The Bertz CT molecular complexity index is 622. The highest BCUT2D eigenvalue weighted by molar-refractivity contribution is 6.03. The third-order valence-corrected chi connectivity index (χ3v) is 3.64. The summed E-state index contributed by atoms with van der Waals surface area (Å²) in [4.78, 5) is 36.6. The van der Waals surface area contributed by atoms with Crippen LogP contribution in [-0.4, -0.2) is 47.0 Å². The predicted molar refractivity (Wildman–Crippen MR) is 99.3 cm³/mol. The minimum atomic E-state index is -1.01. The highest BCUT2D eigenvalue weighted by Crippen LogP contribution is 2.15. The van der Waals surface area contributed by atoms with Gasteiger partial charge in [-0.2, -0.15) is 0 Å². The van der Waals surface area contributed by atoms with Gasteiger partial charge in [0.05, 0.1) is 12.6 Å². The van der Waals surface area contributed by atoms with Gasteiger partial charge in [-0.15, -0.1) is 12.4 Å². The van der Waals surface area contributed by atoms with E-state index in [4.69, 9.17) is 5.11 Å². The second kappa shape index (κ2) is 10.7. The molecule has 1 rings (SSSR count). The lowest BCUT2D eigenvalue weighted by molar-refractivity contribution is -0.139. The second-order valence-corrected chi connectivity index (χ2v) is 5.80. The summed E-state index contributed by atoms with van der Waals surface area (Å²) in [5, 5.41) is 13.8. The van der Waals surface area contributed by atoms with Gasteiger partial charge >= 0.3 is 12.0 Å². The zero-order valence-electron chi connectivity index (χ0n) is 15.0. The molecule has 25 heavy (non-hydrogen) atoms. The highest BCUT2D eigenvalue weighted by atomic mass is 35.5. The number of carboxylic acid groups (broad SMARTS) is 1. The van der Waals surface area contributed by atoms with E-state index in [0.29, 0.717) is 18.7 Å². The van der Waals surface area contributed by atoms with Crippen molar-refractivity contribution < 1.29 is 19.5 Å². The molecule has 1 aromatic rings. The summed E-state index contributed by atoms with van der Waals surface area (Å²) in [6, 6.07) is 4.21. The van der Waals surface area contributed by atoms with Crippen molar-refractivity contribution in [2.24, 2.45) is 0 Å². The van der Waals surface area contributed by atoms with Crippen molar-refractivity contribution >= 4 is 36.0 Å². The van der Waals surface area contributed by atoms with Gasteiger partial charge in [0.1, 0.15) is 0 Å². The smallest absolute Gasteiger partial charge is 0.325 e. The molecular weight excluding hydrogens is 346 g/mol. The topological polar surface area (TPSA) is 98.7 Å². The fourth-order valence-electron chi connectivity index (χ4n) is 2.36. The van der Waals surface area contributed by atoms with Crippen LogP contribution in [0.25, 0.3) is 0 Å². The number of nitrogens with one attached hydrogen (secondary N) is 2. The molecule has 140 valence electrons. The number of hydrogen-bond donors (Lipinski definition) is 3. The Morgan fingerprint density at radius 1 is 1.24 bits per heavy atom. The Morgan fingerprint density at radius 3 is 2.40 bits per heavy atom. The minimum Gasteiger partial charge on any atom is -0.480 e. The number of aliphatic carboxylic acids is 1. The van der Waals surface area contributed by atoms with E-state index in [1.54, 1.807) is 13.0 Å². The van der Waals surface area contributed by atoms with Crippen LogP contribution in [0.2, 0.25) is 0 Å². The van der Waals surface area contributed by atoms with Crippen molar-refractivity contribution in [1.29, 1.82) is 0 Å². The van der Waals surface area contributed by atoms with Crippen molar-refractivity contribution in [1.82, 2.24) is 10.2 Å². The lowest BCUT2D eigenvalue weighted by atomic mass is 10.1. The van der Waals surface area contributed by atoms with Crippen molar-refractivity contribution in [2.45, 2.75) is 40.2 Å². The number of aryl methyl sites for hydroxylation is 2. The molecule has 1 atom stereocenters. The SMILES string of the molecule is CCCN(CC(=O)O)C(C)C(=O)NC(=O)Nc1ccc(C)cc1C.Cl. The average Bonchev–Trinajstić information content (AvgIpc) is 2.48. The minimum absolute atomic E-state index is 0. The second-order valence-electron chi connectivity index (χ2n) is 5.80. The monoisotopic (exact) mass is 371 g/mol. The Balaban J connectivity index is 0.00000576. The maximum absolute atomic E-state index is 12.2. The number of nitrogens with zero attached hydrogens (tertiary/aromatic N) is 1. The van der Waals surface area contributed by atoms with E-state index in [-0.39, 0.29) is 19.0 Å². The first-order valence-corrected chi connectivity index (χ1v) is 7.89. The maximum atomic E-state index is 12.2. The van der Waals surface area contributed by atoms with Crippen molar-refractivity contribution in [3.05, 3.63) is 29.3 Å². The van der Waals surface area contributed by atoms with Gasteiger partial charge < -0.3 is 10.4 Å². The summed E-state index contributed by atoms with van der Waals surface area (Å²) in [6.45, 7) is 7.50. The van der Waals surface area contributed by atoms with Gasteiger partial charge in [0.15, 0.2) is 0 Å². The summed E-state index contributed by atoms with van der Waals surface area (Å²) >= 11 is 0. The lowest BCUT2D eigenvalue weighted by Gasteiger charge is -2.25. The first-order chi connectivity index (χ1) is 11.2. The average molecular weight is 372 g/mol. The van der Waals surface area contributed by atoms with Gasteiger partial charge in [-0.05, 0) is 45.4 Å². The maximum Gasteiger partial charge on any atom is 0.325 e. The van der Waals surface area contributed by atoms with E-state index in [1.807, 2.05) is 32.9 Å². The molecule has 0 fully saturated rings.